The minimum Gasteiger partial charge on any atom is -0.305 e. The van der Waals surface area contributed by atoms with Gasteiger partial charge in [-0.1, -0.05) is 12.1 Å². The van der Waals surface area contributed by atoms with Gasteiger partial charge in [0.1, 0.15) is 17.2 Å². The van der Waals surface area contributed by atoms with E-state index in [9.17, 15) is 4.79 Å². The Hall–Kier alpha value is -3.98. The number of amidine groups is 1. The van der Waals surface area contributed by atoms with Gasteiger partial charge in [-0.3, -0.25) is 29.6 Å². The molecule has 0 bridgehead atoms. The molecule has 3 aromatic heterocycles. The standard InChI is InChI=1S/C26H30N8O.H2/c1-16(2)34(28-3)25(27)21-6-5-7-24(30-21)31-26(35)22-13-19-12-20(11-10-18(19)14-29-22)33-15-23(32(33)4)17-8-9-17;/h5-7,10-17,27-28H,8-9H2,1-4H3,(H,30,31,35);1H. The lowest BCUT2D eigenvalue weighted by molar-refractivity contribution is 0.102. The highest BCUT2D eigenvalue weighted by Crippen LogP contribution is 2.41. The van der Waals surface area contributed by atoms with Gasteiger partial charge in [-0.15, -0.1) is 0 Å². The van der Waals surface area contributed by atoms with E-state index in [1.165, 1.54) is 18.5 Å². The molecule has 9 nitrogen and oxygen atoms in total. The van der Waals surface area contributed by atoms with E-state index in [0.29, 0.717) is 23.1 Å². The molecule has 1 saturated carbocycles. The monoisotopic (exact) mass is 472 g/mol. The highest BCUT2D eigenvalue weighted by molar-refractivity contribution is 6.04. The van der Waals surface area contributed by atoms with Gasteiger partial charge in [0.2, 0.25) is 0 Å². The van der Waals surface area contributed by atoms with Crippen LogP contribution in [0.5, 0.6) is 0 Å². The molecule has 0 unspecified atom stereocenters. The van der Waals surface area contributed by atoms with Gasteiger partial charge in [0, 0.05) is 45.3 Å². The van der Waals surface area contributed by atoms with Crippen molar-refractivity contribution in [2.45, 2.75) is 38.6 Å². The van der Waals surface area contributed by atoms with Gasteiger partial charge in [-0.05, 0) is 62.4 Å². The zero-order chi connectivity index (χ0) is 24.7. The van der Waals surface area contributed by atoms with Crippen molar-refractivity contribution in [2.24, 2.45) is 7.05 Å². The molecule has 1 fully saturated rings. The summed E-state index contributed by atoms with van der Waals surface area (Å²) in [6, 6.07) is 13.3. The van der Waals surface area contributed by atoms with Crippen LogP contribution in [0.4, 0.5) is 5.82 Å². The first-order valence-corrected chi connectivity index (χ1v) is 11.8. The number of carbonyl (C=O) groups is 1. The average Bonchev–Trinajstić information content (AvgIpc) is 3.68. The molecule has 0 radical (unpaired) electrons. The molecule has 1 amide bonds. The van der Waals surface area contributed by atoms with Crippen LogP contribution in [0.2, 0.25) is 0 Å². The van der Waals surface area contributed by atoms with Gasteiger partial charge in [-0.2, -0.15) is 0 Å². The van der Waals surface area contributed by atoms with Crippen LogP contribution < -0.4 is 10.7 Å². The first kappa shape index (κ1) is 22.8. The SMILES string of the molecule is CNN(C(=N)c1cccc(NC(=O)c2cc3cc(-n4cc(C5CC5)n4C)ccc3cn2)n1)C(C)C.[HH]. The third kappa shape index (κ3) is 4.42. The normalized spacial score (nSPS) is 13.4. The molecule has 0 atom stereocenters. The molecular weight excluding hydrogens is 440 g/mol. The molecule has 4 aromatic rings. The van der Waals surface area contributed by atoms with Crippen molar-refractivity contribution < 1.29 is 6.22 Å². The Morgan fingerprint density at radius 2 is 1.97 bits per heavy atom. The maximum absolute atomic E-state index is 13.0. The zero-order valence-corrected chi connectivity index (χ0v) is 20.4. The fourth-order valence-corrected chi connectivity index (χ4v) is 4.32. The minimum absolute atomic E-state index is 0. The Kier molecular flexibility index (Phi) is 5.86. The number of rotatable bonds is 7. The number of carbonyl (C=O) groups excluding carboxylic acids is 1. The summed E-state index contributed by atoms with van der Waals surface area (Å²) >= 11 is 0. The third-order valence-corrected chi connectivity index (χ3v) is 6.38. The molecule has 5 rings (SSSR count). The summed E-state index contributed by atoms with van der Waals surface area (Å²) in [5, 5.41) is 14.9. The number of benzene rings is 1. The van der Waals surface area contributed by atoms with Crippen LogP contribution >= 0.6 is 0 Å². The molecule has 0 saturated heterocycles. The number of fused-ring (bicyclic) bond motifs is 1. The average molecular weight is 473 g/mol. The second-order valence-corrected chi connectivity index (χ2v) is 9.20. The van der Waals surface area contributed by atoms with Crippen LogP contribution in [0.3, 0.4) is 0 Å². The Bertz CT molecular complexity index is 1420. The quantitative estimate of drug-likeness (QED) is 0.211. The van der Waals surface area contributed by atoms with E-state index in [1.807, 2.05) is 19.9 Å². The van der Waals surface area contributed by atoms with E-state index in [-0.39, 0.29) is 19.2 Å². The summed E-state index contributed by atoms with van der Waals surface area (Å²) in [7, 11) is 3.85. The van der Waals surface area contributed by atoms with Crippen LogP contribution in [0.15, 0.2) is 54.9 Å². The van der Waals surface area contributed by atoms with Crippen LogP contribution in [-0.4, -0.2) is 49.2 Å². The number of hydrogen-bond acceptors (Lipinski definition) is 5. The van der Waals surface area contributed by atoms with E-state index < -0.39 is 0 Å². The maximum Gasteiger partial charge on any atom is 0.275 e. The fourth-order valence-electron chi connectivity index (χ4n) is 4.32. The largest absolute Gasteiger partial charge is 0.305 e. The summed E-state index contributed by atoms with van der Waals surface area (Å²) in [5.74, 6) is 0.955. The van der Waals surface area contributed by atoms with Crippen LogP contribution in [-0.2, 0) is 7.05 Å². The Labute approximate surface area is 205 Å². The minimum atomic E-state index is -0.347. The first-order valence-electron chi connectivity index (χ1n) is 11.8. The van der Waals surface area contributed by atoms with Gasteiger partial charge in [-0.25, -0.2) is 10.4 Å². The Morgan fingerprint density at radius 3 is 2.66 bits per heavy atom. The summed E-state index contributed by atoms with van der Waals surface area (Å²) in [5.41, 5.74) is 6.20. The van der Waals surface area contributed by atoms with Crippen LogP contribution in [0, 0.1) is 5.41 Å². The van der Waals surface area contributed by atoms with Crippen molar-refractivity contribution in [3.05, 3.63) is 71.9 Å². The van der Waals surface area contributed by atoms with E-state index in [4.69, 9.17) is 5.41 Å². The van der Waals surface area contributed by atoms with Crippen LogP contribution in [0.1, 0.15) is 55.9 Å². The number of hydrogen-bond donors (Lipinski definition) is 3. The first-order chi connectivity index (χ1) is 16.9. The number of hydrazine groups is 1. The highest BCUT2D eigenvalue weighted by atomic mass is 16.1. The molecule has 0 spiro atoms. The van der Waals surface area contributed by atoms with Gasteiger partial charge in [0.05, 0.1) is 11.4 Å². The van der Waals surface area contributed by atoms with Crippen molar-refractivity contribution in [3.8, 4) is 5.69 Å². The van der Waals surface area contributed by atoms with Crippen molar-refractivity contribution in [2.75, 3.05) is 12.4 Å². The van der Waals surface area contributed by atoms with Gasteiger partial charge < -0.3 is 5.32 Å². The number of nitrogens with zero attached hydrogens (tertiary/aromatic N) is 5. The molecule has 1 aliphatic rings. The number of nitrogens with one attached hydrogen (secondary N) is 3. The molecule has 9 heteroatoms. The second kappa shape index (κ2) is 8.99. The summed E-state index contributed by atoms with van der Waals surface area (Å²) in [6.07, 6.45) is 6.46. The van der Waals surface area contributed by atoms with E-state index in [1.54, 1.807) is 42.5 Å². The van der Waals surface area contributed by atoms with Crippen molar-refractivity contribution in [1.29, 1.82) is 5.41 Å². The molecular formula is C26H32N8O. The van der Waals surface area contributed by atoms with E-state index >= 15 is 0 Å². The lowest BCUT2D eigenvalue weighted by Crippen LogP contribution is -2.45. The topological polar surface area (TPSA) is 104 Å². The predicted molar refractivity (Wildman–Crippen MR) is 139 cm³/mol. The number of aromatic nitrogens is 4. The van der Waals surface area contributed by atoms with Crippen molar-refractivity contribution in [1.82, 2.24) is 29.8 Å². The smallest absolute Gasteiger partial charge is 0.275 e. The summed E-state index contributed by atoms with van der Waals surface area (Å²) < 4.78 is 4.32. The Morgan fingerprint density at radius 1 is 1.17 bits per heavy atom. The molecule has 182 valence electrons. The highest BCUT2D eigenvalue weighted by Gasteiger charge is 2.29. The molecule has 35 heavy (non-hydrogen) atoms. The molecule has 0 aliphatic heterocycles. The second-order valence-electron chi connectivity index (χ2n) is 9.20. The van der Waals surface area contributed by atoms with Crippen molar-refractivity contribution >= 4 is 28.3 Å². The number of anilines is 1. The van der Waals surface area contributed by atoms with Gasteiger partial charge >= 0.3 is 0 Å². The van der Waals surface area contributed by atoms with Crippen LogP contribution in [0.25, 0.3) is 16.5 Å². The lowest BCUT2D eigenvalue weighted by Gasteiger charge is -2.27. The molecule has 3 heterocycles. The zero-order valence-electron chi connectivity index (χ0n) is 20.4. The van der Waals surface area contributed by atoms with Gasteiger partial charge in [0.15, 0.2) is 5.84 Å². The summed E-state index contributed by atoms with van der Waals surface area (Å²) in [4.78, 5) is 21.8. The van der Waals surface area contributed by atoms with E-state index in [0.717, 1.165) is 16.5 Å². The third-order valence-electron chi connectivity index (χ3n) is 6.38. The van der Waals surface area contributed by atoms with E-state index in [2.05, 4.69) is 55.5 Å². The van der Waals surface area contributed by atoms with Crippen molar-refractivity contribution in [3.63, 3.8) is 0 Å². The number of amides is 1. The summed E-state index contributed by atoms with van der Waals surface area (Å²) in [6.45, 7) is 3.96. The fraction of sp³-hybridized carbons (Fsp3) is 0.308. The molecule has 1 aromatic carbocycles. The van der Waals surface area contributed by atoms with Gasteiger partial charge in [0.25, 0.3) is 5.91 Å². The Balaban J connectivity index is 0.00000304. The lowest BCUT2D eigenvalue weighted by atomic mass is 10.1. The number of pyridine rings is 2. The maximum atomic E-state index is 13.0. The predicted octanol–water partition coefficient (Wildman–Crippen LogP) is 4.30. The molecule has 1 aliphatic carbocycles. The molecule has 3 N–H and O–H groups in total.